The lowest BCUT2D eigenvalue weighted by atomic mass is 10.2. The molecule has 0 bridgehead atoms. The van der Waals surface area contributed by atoms with Crippen LogP contribution in [-0.4, -0.2) is 55.3 Å². The molecule has 2 aromatic carbocycles. The van der Waals surface area contributed by atoms with Crippen LogP contribution in [0.2, 0.25) is 5.02 Å². The van der Waals surface area contributed by atoms with Gasteiger partial charge < -0.3 is 19.9 Å². The molecule has 1 heterocycles. The monoisotopic (exact) mass is 474 g/mol. The fraction of sp³-hybridized carbons (Fsp3) is 0.417. The van der Waals surface area contributed by atoms with Crippen LogP contribution in [0.5, 0.6) is 5.75 Å². The molecule has 0 spiro atoms. The molecule has 32 heavy (non-hydrogen) atoms. The lowest BCUT2D eigenvalue weighted by Gasteiger charge is -2.36. The van der Waals surface area contributed by atoms with Crippen molar-refractivity contribution in [2.75, 3.05) is 49.5 Å². The van der Waals surface area contributed by atoms with Gasteiger partial charge in [0.05, 0.1) is 17.3 Å². The van der Waals surface area contributed by atoms with Gasteiger partial charge in [0.1, 0.15) is 5.75 Å². The summed E-state index contributed by atoms with van der Waals surface area (Å²) in [5.41, 5.74) is 2.25. The molecule has 3 rings (SSSR count). The average Bonchev–Trinajstić information content (AvgIpc) is 2.78. The molecule has 0 aliphatic carbocycles. The van der Waals surface area contributed by atoms with Gasteiger partial charge in [-0.2, -0.15) is 0 Å². The van der Waals surface area contributed by atoms with Gasteiger partial charge in [-0.3, -0.25) is 10.1 Å². The maximum absolute atomic E-state index is 12.5. The number of nitrogens with one attached hydrogen (secondary N) is 2. The number of carbonyl (C=O) groups is 1. The van der Waals surface area contributed by atoms with Crippen molar-refractivity contribution in [1.29, 1.82) is 0 Å². The van der Waals surface area contributed by atoms with E-state index in [0.717, 1.165) is 49.8 Å². The van der Waals surface area contributed by atoms with Gasteiger partial charge in [-0.1, -0.05) is 32.4 Å². The zero-order valence-corrected chi connectivity index (χ0v) is 20.4. The van der Waals surface area contributed by atoms with Crippen molar-refractivity contribution in [3.05, 3.63) is 53.1 Å². The van der Waals surface area contributed by atoms with E-state index in [0.29, 0.717) is 23.1 Å². The van der Waals surface area contributed by atoms with E-state index >= 15 is 0 Å². The van der Waals surface area contributed by atoms with Crippen LogP contribution >= 0.6 is 23.8 Å². The molecule has 1 fully saturated rings. The van der Waals surface area contributed by atoms with Crippen LogP contribution in [0.3, 0.4) is 0 Å². The number of piperazine rings is 1. The van der Waals surface area contributed by atoms with Gasteiger partial charge in [-0.25, -0.2) is 0 Å². The van der Waals surface area contributed by atoms with E-state index in [-0.39, 0.29) is 11.0 Å². The number of thiocarbonyl (C=S) groups is 1. The normalized spacial score (nSPS) is 14.3. The summed E-state index contributed by atoms with van der Waals surface area (Å²) < 4.78 is 5.65. The van der Waals surface area contributed by atoms with E-state index in [1.54, 1.807) is 24.3 Å². The SMILES string of the molecule is CCN1CCN(c2ccc(NC(=S)NC(=O)c3ccc(OCC(C)C)cc3)cc2Cl)CC1. The number of likely N-dealkylation sites (N-methyl/N-ethyl adjacent to an activating group) is 1. The minimum atomic E-state index is -0.283. The second kappa shape index (κ2) is 11.5. The van der Waals surface area contributed by atoms with Crippen LogP contribution in [0.1, 0.15) is 31.1 Å². The topological polar surface area (TPSA) is 56.8 Å². The van der Waals surface area contributed by atoms with Crippen LogP contribution < -0.4 is 20.3 Å². The summed E-state index contributed by atoms with van der Waals surface area (Å²) in [7, 11) is 0. The summed E-state index contributed by atoms with van der Waals surface area (Å²) in [6.45, 7) is 12.0. The molecule has 1 saturated heterocycles. The number of anilines is 2. The third-order valence-corrected chi connectivity index (χ3v) is 5.80. The van der Waals surface area contributed by atoms with Crippen molar-refractivity contribution in [3.8, 4) is 5.75 Å². The van der Waals surface area contributed by atoms with E-state index < -0.39 is 0 Å². The van der Waals surface area contributed by atoms with Gasteiger partial charge in [0.25, 0.3) is 5.91 Å². The summed E-state index contributed by atoms with van der Waals surface area (Å²) in [5.74, 6) is 0.895. The second-order valence-electron chi connectivity index (χ2n) is 8.22. The molecular weight excluding hydrogens is 444 g/mol. The molecule has 2 N–H and O–H groups in total. The molecule has 1 amide bonds. The molecule has 0 aromatic heterocycles. The second-order valence-corrected chi connectivity index (χ2v) is 9.04. The van der Waals surface area contributed by atoms with Crippen LogP contribution in [0.4, 0.5) is 11.4 Å². The molecule has 172 valence electrons. The number of hydrogen-bond donors (Lipinski definition) is 2. The smallest absolute Gasteiger partial charge is 0.257 e. The largest absolute Gasteiger partial charge is 0.493 e. The first kappa shape index (κ1) is 24.3. The van der Waals surface area contributed by atoms with Gasteiger partial charge in [-0.15, -0.1) is 0 Å². The number of halogens is 1. The van der Waals surface area contributed by atoms with E-state index in [1.165, 1.54) is 0 Å². The molecule has 1 aliphatic rings. The highest BCUT2D eigenvalue weighted by molar-refractivity contribution is 7.80. The van der Waals surface area contributed by atoms with Gasteiger partial charge >= 0.3 is 0 Å². The highest BCUT2D eigenvalue weighted by Gasteiger charge is 2.18. The fourth-order valence-corrected chi connectivity index (χ4v) is 3.96. The summed E-state index contributed by atoms with van der Waals surface area (Å²) >= 11 is 11.8. The number of rotatable bonds is 7. The predicted molar refractivity (Wildman–Crippen MR) is 136 cm³/mol. The Morgan fingerprint density at radius 1 is 1.12 bits per heavy atom. The number of ether oxygens (including phenoxy) is 1. The first-order chi connectivity index (χ1) is 15.4. The van der Waals surface area contributed by atoms with Gasteiger partial charge in [0.15, 0.2) is 5.11 Å². The third kappa shape index (κ3) is 6.82. The summed E-state index contributed by atoms with van der Waals surface area (Å²) in [4.78, 5) is 17.2. The number of hydrogen-bond acceptors (Lipinski definition) is 5. The Labute approximate surface area is 200 Å². The fourth-order valence-electron chi connectivity index (χ4n) is 3.45. The third-order valence-electron chi connectivity index (χ3n) is 5.29. The van der Waals surface area contributed by atoms with E-state index in [2.05, 4.69) is 41.2 Å². The molecule has 0 saturated carbocycles. The molecule has 8 heteroatoms. The van der Waals surface area contributed by atoms with Crippen molar-refractivity contribution in [1.82, 2.24) is 10.2 Å². The number of benzene rings is 2. The van der Waals surface area contributed by atoms with Crippen molar-refractivity contribution in [3.63, 3.8) is 0 Å². The zero-order valence-electron chi connectivity index (χ0n) is 18.9. The number of nitrogens with zero attached hydrogens (tertiary/aromatic N) is 2. The average molecular weight is 475 g/mol. The molecule has 0 atom stereocenters. The Balaban J connectivity index is 1.53. The Bertz CT molecular complexity index is 928. The van der Waals surface area contributed by atoms with E-state index in [1.807, 2.05) is 18.2 Å². The predicted octanol–water partition coefficient (Wildman–Crippen LogP) is 4.64. The Morgan fingerprint density at radius 3 is 2.41 bits per heavy atom. The van der Waals surface area contributed by atoms with Crippen molar-refractivity contribution < 1.29 is 9.53 Å². The van der Waals surface area contributed by atoms with Crippen molar-refractivity contribution >= 4 is 46.2 Å². The standard InChI is InChI=1S/C24H31ClN4O2S/c1-4-28-11-13-29(14-12-28)22-10-7-19(15-21(22)25)26-24(32)27-23(30)18-5-8-20(9-6-18)31-16-17(2)3/h5-10,15,17H,4,11-14,16H2,1-3H3,(H2,26,27,30,32). The summed E-state index contributed by atoms with van der Waals surface area (Å²) in [6, 6.07) is 12.8. The maximum atomic E-state index is 12.5. The molecule has 6 nitrogen and oxygen atoms in total. The van der Waals surface area contributed by atoms with Crippen LogP contribution in [0, 0.1) is 5.92 Å². The van der Waals surface area contributed by atoms with Crippen LogP contribution in [0.25, 0.3) is 0 Å². The number of amides is 1. The van der Waals surface area contributed by atoms with Gasteiger partial charge in [-0.05, 0) is 67.1 Å². The van der Waals surface area contributed by atoms with E-state index in [9.17, 15) is 4.79 Å². The lowest BCUT2D eigenvalue weighted by molar-refractivity contribution is 0.0977. The summed E-state index contributed by atoms with van der Waals surface area (Å²) in [5, 5.41) is 6.62. The minimum Gasteiger partial charge on any atom is -0.493 e. The number of carbonyl (C=O) groups excluding carboxylic acids is 1. The van der Waals surface area contributed by atoms with Gasteiger partial charge in [0, 0.05) is 37.4 Å². The molecule has 1 aliphatic heterocycles. The molecular formula is C24H31ClN4O2S. The Morgan fingerprint density at radius 2 is 1.81 bits per heavy atom. The van der Waals surface area contributed by atoms with Crippen molar-refractivity contribution in [2.45, 2.75) is 20.8 Å². The molecule has 0 unspecified atom stereocenters. The van der Waals surface area contributed by atoms with Crippen LogP contribution in [0.15, 0.2) is 42.5 Å². The molecule has 0 radical (unpaired) electrons. The first-order valence-electron chi connectivity index (χ1n) is 11.0. The van der Waals surface area contributed by atoms with Crippen LogP contribution in [-0.2, 0) is 0 Å². The highest BCUT2D eigenvalue weighted by Crippen LogP contribution is 2.29. The van der Waals surface area contributed by atoms with Crippen molar-refractivity contribution in [2.24, 2.45) is 5.92 Å². The lowest BCUT2D eigenvalue weighted by Crippen LogP contribution is -2.46. The van der Waals surface area contributed by atoms with E-state index in [4.69, 9.17) is 28.6 Å². The minimum absolute atomic E-state index is 0.218. The molecule has 2 aromatic rings. The Hall–Kier alpha value is -2.35. The first-order valence-corrected chi connectivity index (χ1v) is 11.8. The zero-order chi connectivity index (χ0) is 23.1. The van der Waals surface area contributed by atoms with Gasteiger partial charge in [0.2, 0.25) is 0 Å². The summed E-state index contributed by atoms with van der Waals surface area (Å²) in [6.07, 6.45) is 0. The Kier molecular flexibility index (Phi) is 8.73. The maximum Gasteiger partial charge on any atom is 0.257 e. The quantitative estimate of drug-likeness (QED) is 0.570. The highest BCUT2D eigenvalue weighted by atomic mass is 35.5.